The summed E-state index contributed by atoms with van der Waals surface area (Å²) in [7, 11) is 0. The fourth-order valence-corrected chi connectivity index (χ4v) is 2.60. The van der Waals surface area contributed by atoms with Gasteiger partial charge in [0.15, 0.2) is 0 Å². The summed E-state index contributed by atoms with van der Waals surface area (Å²) in [5, 5.41) is 4.12. The van der Waals surface area contributed by atoms with Crippen molar-refractivity contribution in [3.8, 4) is 0 Å². The van der Waals surface area contributed by atoms with Crippen LogP contribution in [0.25, 0.3) is 0 Å². The van der Waals surface area contributed by atoms with Crippen LogP contribution >= 0.6 is 11.6 Å². The van der Waals surface area contributed by atoms with E-state index in [9.17, 15) is 0 Å². The minimum atomic E-state index is 0.531. The minimum Gasteiger partial charge on any atom is -0.397 e. The molecule has 4 heteroatoms. The molecule has 1 unspecified atom stereocenters. The second-order valence-corrected chi connectivity index (χ2v) is 5.49. The van der Waals surface area contributed by atoms with Crippen molar-refractivity contribution >= 4 is 23.0 Å². The normalized spacial score (nSPS) is 18.6. The lowest BCUT2D eigenvalue weighted by atomic mass is 10.1. The molecule has 1 saturated heterocycles. The maximum Gasteiger partial charge on any atom is 0.0589 e. The van der Waals surface area contributed by atoms with Crippen LogP contribution in [-0.2, 0) is 0 Å². The third-order valence-electron chi connectivity index (χ3n) is 3.62. The highest BCUT2D eigenvalue weighted by Crippen LogP contribution is 2.23. The fraction of sp³-hybridized carbons (Fsp3) is 0.571. The van der Waals surface area contributed by atoms with Crippen molar-refractivity contribution in [2.75, 3.05) is 30.7 Å². The van der Waals surface area contributed by atoms with Gasteiger partial charge in [-0.05, 0) is 51.1 Å². The van der Waals surface area contributed by atoms with Crippen LogP contribution in [0.15, 0.2) is 18.2 Å². The molecule has 2 rings (SSSR count). The van der Waals surface area contributed by atoms with Crippen molar-refractivity contribution in [3.63, 3.8) is 0 Å². The fourth-order valence-electron chi connectivity index (χ4n) is 2.43. The van der Waals surface area contributed by atoms with Crippen molar-refractivity contribution in [1.82, 2.24) is 4.90 Å². The van der Waals surface area contributed by atoms with Gasteiger partial charge in [-0.3, -0.25) is 4.90 Å². The summed E-state index contributed by atoms with van der Waals surface area (Å²) in [6, 6.07) is 6.08. The Balaban J connectivity index is 1.88. The molecule has 3 nitrogen and oxygen atoms in total. The van der Waals surface area contributed by atoms with Crippen LogP contribution < -0.4 is 11.1 Å². The molecule has 1 aromatic carbocycles. The Hall–Kier alpha value is -0.930. The summed E-state index contributed by atoms with van der Waals surface area (Å²) >= 11 is 5.97. The number of likely N-dealkylation sites (tertiary alicyclic amines) is 1. The predicted molar refractivity (Wildman–Crippen MR) is 79.2 cm³/mol. The van der Waals surface area contributed by atoms with Crippen LogP contribution in [0.4, 0.5) is 11.4 Å². The average molecular weight is 268 g/mol. The average Bonchev–Trinajstić information content (AvgIpc) is 2.40. The standard InChI is InChI=1S/C14H22ClN3/c1-11(18-7-3-2-4-8-18)10-17-14-9-12(15)5-6-13(14)16/h5-6,9,11,17H,2-4,7-8,10,16H2,1H3. The zero-order valence-corrected chi connectivity index (χ0v) is 11.7. The molecule has 3 N–H and O–H groups in total. The Labute approximate surface area is 114 Å². The zero-order chi connectivity index (χ0) is 13.0. The summed E-state index contributed by atoms with van der Waals surface area (Å²) in [6.07, 6.45) is 4.02. The number of anilines is 2. The summed E-state index contributed by atoms with van der Waals surface area (Å²) in [6.45, 7) is 5.60. The zero-order valence-electron chi connectivity index (χ0n) is 11.0. The third kappa shape index (κ3) is 3.53. The van der Waals surface area contributed by atoms with E-state index in [-0.39, 0.29) is 0 Å². The van der Waals surface area contributed by atoms with Crippen molar-refractivity contribution in [1.29, 1.82) is 0 Å². The lowest BCUT2D eigenvalue weighted by molar-refractivity contribution is 0.180. The van der Waals surface area contributed by atoms with Gasteiger partial charge in [0.2, 0.25) is 0 Å². The van der Waals surface area contributed by atoms with Gasteiger partial charge < -0.3 is 11.1 Å². The summed E-state index contributed by atoms with van der Waals surface area (Å²) in [5.41, 5.74) is 7.61. The molecule has 1 aromatic rings. The molecule has 0 amide bonds. The van der Waals surface area contributed by atoms with E-state index in [1.54, 1.807) is 0 Å². The highest BCUT2D eigenvalue weighted by Gasteiger charge is 2.16. The Morgan fingerprint density at radius 2 is 2.06 bits per heavy atom. The quantitative estimate of drug-likeness (QED) is 0.823. The first-order valence-electron chi connectivity index (χ1n) is 6.70. The summed E-state index contributed by atoms with van der Waals surface area (Å²) in [5.74, 6) is 0. The van der Waals surface area contributed by atoms with E-state index in [0.29, 0.717) is 6.04 Å². The first kappa shape index (κ1) is 13.5. The topological polar surface area (TPSA) is 41.3 Å². The molecule has 1 aliphatic rings. The molecule has 0 spiro atoms. The number of halogens is 1. The number of benzene rings is 1. The Morgan fingerprint density at radius 3 is 2.78 bits per heavy atom. The van der Waals surface area contributed by atoms with Crippen LogP contribution in [0.5, 0.6) is 0 Å². The second kappa shape index (κ2) is 6.30. The van der Waals surface area contributed by atoms with E-state index in [1.165, 1.54) is 32.4 Å². The molecule has 1 heterocycles. The molecule has 1 fully saturated rings. The second-order valence-electron chi connectivity index (χ2n) is 5.06. The molecule has 0 radical (unpaired) electrons. The van der Waals surface area contributed by atoms with Gasteiger partial charge in [-0.1, -0.05) is 18.0 Å². The lowest BCUT2D eigenvalue weighted by Crippen LogP contribution is -2.41. The maximum atomic E-state index is 5.97. The predicted octanol–water partition coefficient (Wildman–Crippen LogP) is 3.21. The summed E-state index contributed by atoms with van der Waals surface area (Å²) < 4.78 is 0. The van der Waals surface area contributed by atoms with Crippen LogP contribution in [-0.4, -0.2) is 30.6 Å². The van der Waals surface area contributed by atoms with E-state index in [2.05, 4.69) is 17.1 Å². The number of nitrogen functional groups attached to an aromatic ring is 1. The number of nitrogens with one attached hydrogen (secondary N) is 1. The van der Waals surface area contributed by atoms with Crippen LogP contribution in [0.1, 0.15) is 26.2 Å². The molecule has 0 bridgehead atoms. The largest absolute Gasteiger partial charge is 0.397 e. The minimum absolute atomic E-state index is 0.531. The molecule has 1 atom stereocenters. The molecule has 1 aliphatic heterocycles. The number of hydrogen-bond acceptors (Lipinski definition) is 3. The van der Waals surface area contributed by atoms with Gasteiger partial charge in [0, 0.05) is 17.6 Å². The molecule has 18 heavy (non-hydrogen) atoms. The van der Waals surface area contributed by atoms with Crippen LogP contribution in [0, 0.1) is 0 Å². The van der Waals surface area contributed by atoms with Gasteiger partial charge in [0.1, 0.15) is 0 Å². The number of nitrogens with zero attached hydrogens (tertiary/aromatic N) is 1. The Bertz CT molecular complexity index is 389. The Kier molecular flexibility index (Phi) is 4.72. The maximum absolute atomic E-state index is 5.97. The SMILES string of the molecule is CC(CNc1cc(Cl)ccc1N)N1CCCCC1. The highest BCUT2D eigenvalue weighted by atomic mass is 35.5. The number of piperidine rings is 1. The number of nitrogens with two attached hydrogens (primary N) is 1. The van der Waals surface area contributed by atoms with Crippen molar-refractivity contribution in [2.24, 2.45) is 0 Å². The lowest BCUT2D eigenvalue weighted by Gasteiger charge is -2.32. The van der Waals surface area contributed by atoms with E-state index < -0.39 is 0 Å². The molecular weight excluding hydrogens is 246 g/mol. The molecular formula is C14H22ClN3. The highest BCUT2D eigenvalue weighted by molar-refractivity contribution is 6.31. The monoisotopic (exact) mass is 267 g/mol. The van der Waals surface area contributed by atoms with Crippen molar-refractivity contribution in [3.05, 3.63) is 23.2 Å². The van der Waals surface area contributed by atoms with E-state index in [4.69, 9.17) is 17.3 Å². The number of hydrogen-bond donors (Lipinski definition) is 2. The van der Waals surface area contributed by atoms with Crippen molar-refractivity contribution < 1.29 is 0 Å². The smallest absolute Gasteiger partial charge is 0.0589 e. The van der Waals surface area contributed by atoms with E-state index >= 15 is 0 Å². The molecule has 100 valence electrons. The van der Waals surface area contributed by atoms with Crippen molar-refractivity contribution in [2.45, 2.75) is 32.2 Å². The molecule has 0 saturated carbocycles. The first-order valence-corrected chi connectivity index (χ1v) is 7.07. The molecule has 0 aromatic heterocycles. The van der Waals surface area contributed by atoms with E-state index in [1.807, 2.05) is 18.2 Å². The van der Waals surface area contributed by atoms with Crippen LogP contribution in [0.3, 0.4) is 0 Å². The summed E-state index contributed by atoms with van der Waals surface area (Å²) in [4.78, 5) is 2.54. The van der Waals surface area contributed by atoms with Gasteiger partial charge in [0.25, 0.3) is 0 Å². The third-order valence-corrected chi connectivity index (χ3v) is 3.85. The Morgan fingerprint density at radius 1 is 1.33 bits per heavy atom. The van der Waals surface area contributed by atoms with E-state index in [0.717, 1.165) is 22.9 Å². The van der Waals surface area contributed by atoms with Gasteiger partial charge in [0.05, 0.1) is 11.4 Å². The van der Waals surface area contributed by atoms with Gasteiger partial charge >= 0.3 is 0 Å². The first-order chi connectivity index (χ1) is 8.66. The van der Waals surface area contributed by atoms with Gasteiger partial charge in [-0.2, -0.15) is 0 Å². The number of rotatable bonds is 4. The van der Waals surface area contributed by atoms with Crippen LogP contribution in [0.2, 0.25) is 5.02 Å². The van der Waals surface area contributed by atoms with Gasteiger partial charge in [-0.25, -0.2) is 0 Å². The molecule has 0 aliphatic carbocycles. The van der Waals surface area contributed by atoms with Gasteiger partial charge in [-0.15, -0.1) is 0 Å².